The van der Waals surface area contributed by atoms with E-state index in [1.165, 1.54) is 6.42 Å². The third-order valence-corrected chi connectivity index (χ3v) is 8.94. The fourth-order valence-corrected chi connectivity index (χ4v) is 7.23. The van der Waals surface area contributed by atoms with Crippen molar-refractivity contribution in [3.05, 3.63) is 47.3 Å². The van der Waals surface area contributed by atoms with Crippen LogP contribution in [0.25, 0.3) is 0 Å². The van der Waals surface area contributed by atoms with E-state index >= 15 is 0 Å². The van der Waals surface area contributed by atoms with Crippen molar-refractivity contribution in [3.63, 3.8) is 0 Å². The number of ether oxygens (including phenoxy) is 1. The summed E-state index contributed by atoms with van der Waals surface area (Å²) in [4.78, 5) is 6.66. The Bertz CT molecular complexity index is 1130. The number of hydrogen-bond donors (Lipinski definition) is 1. The third kappa shape index (κ3) is 6.86. The lowest BCUT2D eigenvalue weighted by Crippen LogP contribution is -2.45. The van der Waals surface area contributed by atoms with Gasteiger partial charge in [0.15, 0.2) is 5.11 Å². The van der Waals surface area contributed by atoms with Gasteiger partial charge in [0.05, 0.1) is 30.3 Å². The topological polar surface area (TPSA) is 76.5 Å². The molecule has 1 saturated heterocycles. The van der Waals surface area contributed by atoms with Gasteiger partial charge in [0.2, 0.25) is 15.0 Å². The number of hydrogen-bond acceptors (Lipinski definition) is 5. The lowest BCUT2D eigenvalue weighted by molar-refractivity contribution is 0.0889. The molecule has 1 N–H and O–H groups in total. The fraction of sp³-hybridized carbons (Fsp3) is 0.630. The molecule has 0 radical (unpaired) electrons. The van der Waals surface area contributed by atoms with Crippen molar-refractivity contribution in [1.82, 2.24) is 19.8 Å². The summed E-state index contributed by atoms with van der Waals surface area (Å²) in [7, 11) is -3.63. The monoisotopic (exact) mass is 532 g/mol. The predicted molar refractivity (Wildman–Crippen MR) is 147 cm³/mol. The van der Waals surface area contributed by atoms with Crippen LogP contribution in [-0.4, -0.2) is 53.3 Å². The number of nitrogens with one attached hydrogen (secondary N) is 1. The Hall–Kier alpha value is -1.97. The number of nitrogens with zero attached hydrogens (tertiary/aromatic N) is 3. The second-order valence-corrected chi connectivity index (χ2v) is 12.8. The summed E-state index contributed by atoms with van der Waals surface area (Å²) in [5, 5.41) is 4.22. The first-order chi connectivity index (χ1) is 17.2. The molecule has 1 aliphatic carbocycles. The van der Waals surface area contributed by atoms with Gasteiger partial charge in [0, 0.05) is 25.2 Å². The molecule has 0 bridgehead atoms. The molecule has 0 amide bonds. The Morgan fingerprint density at radius 3 is 2.67 bits per heavy atom. The van der Waals surface area contributed by atoms with E-state index in [1.807, 2.05) is 35.8 Å². The van der Waals surface area contributed by atoms with E-state index in [9.17, 15) is 8.42 Å². The van der Waals surface area contributed by atoms with Gasteiger partial charge in [-0.15, -0.1) is 0 Å². The average Bonchev–Trinajstić information content (AvgIpc) is 3.49. The summed E-state index contributed by atoms with van der Waals surface area (Å²) >= 11 is 5.78. The van der Waals surface area contributed by atoms with Crippen LogP contribution in [0.3, 0.4) is 0 Å². The summed E-state index contributed by atoms with van der Waals surface area (Å²) in [6.45, 7) is 8.08. The van der Waals surface area contributed by atoms with Gasteiger partial charge in [-0.25, -0.2) is 13.4 Å². The van der Waals surface area contributed by atoms with Crippen molar-refractivity contribution in [2.45, 2.75) is 101 Å². The zero-order valence-electron chi connectivity index (χ0n) is 21.8. The van der Waals surface area contributed by atoms with Crippen LogP contribution in [0.5, 0.6) is 0 Å². The standard InChI is InChI=1S/C27H40N4O3S2/c1-20(2)29-26(35)30(18-25-13-8-14-34-25)17-24-16-28-27(31(24)23-11-5-4-6-12-23)36(32,33)19-22-10-7-9-21(3)15-22/h7,9-10,15-16,20,23,25H,4-6,8,11-14,17-19H2,1-3H3,(H,29,35)/t25-/m1/s1. The van der Waals surface area contributed by atoms with Crippen LogP contribution < -0.4 is 5.32 Å². The zero-order valence-corrected chi connectivity index (χ0v) is 23.4. The quantitative estimate of drug-likeness (QED) is 0.459. The minimum atomic E-state index is -3.63. The Morgan fingerprint density at radius 2 is 2.00 bits per heavy atom. The molecule has 1 aromatic heterocycles. The van der Waals surface area contributed by atoms with Gasteiger partial charge in [-0.3, -0.25) is 0 Å². The van der Waals surface area contributed by atoms with E-state index in [4.69, 9.17) is 17.0 Å². The highest BCUT2D eigenvalue weighted by Crippen LogP contribution is 2.33. The van der Waals surface area contributed by atoms with Crippen LogP contribution in [-0.2, 0) is 26.9 Å². The molecule has 1 aromatic carbocycles. The van der Waals surface area contributed by atoms with Crippen molar-refractivity contribution in [2.75, 3.05) is 13.2 Å². The highest BCUT2D eigenvalue weighted by Gasteiger charge is 2.30. The summed E-state index contributed by atoms with van der Waals surface area (Å²) < 4.78 is 35.3. The highest BCUT2D eigenvalue weighted by molar-refractivity contribution is 7.90. The molecule has 1 aliphatic heterocycles. The molecular weight excluding hydrogens is 492 g/mol. The number of imidazole rings is 1. The van der Waals surface area contributed by atoms with Crippen LogP contribution in [0, 0.1) is 6.92 Å². The first-order valence-electron chi connectivity index (χ1n) is 13.2. The number of rotatable bonds is 9. The van der Waals surface area contributed by atoms with Crippen molar-refractivity contribution in [2.24, 2.45) is 0 Å². The van der Waals surface area contributed by atoms with E-state index in [0.717, 1.165) is 62.0 Å². The van der Waals surface area contributed by atoms with Crippen LogP contribution in [0.1, 0.15) is 81.7 Å². The molecule has 2 aliphatic rings. The molecule has 198 valence electrons. The Labute approximate surface area is 221 Å². The average molecular weight is 533 g/mol. The Kier molecular flexibility index (Phi) is 9.06. The fourth-order valence-electron chi connectivity index (χ4n) is 5.33. The van der Waals surface area contributed by atoms with E-state index < -0.39 is 9.84 Å². The minimum Gasteiger partial charge on any atom is -0.376 e. The van der Waals surface area contributed by atoms with E-state index in [0.29, 0.717) is 18.2 Å². The molecule has 9 heteroatoms. The smallest absolute Gasteiger partial charge is 0.228 e. The van der Waals surface area contributed by atoms with Gasteiger partial charge in [0.1, 0.15) is 0 Å². The normalized spacial score (nSPS) is 19.1. The third-order valence-electron chi connectivity index (χ3n) is 7.00. The lowest BCUT2D eigenvalue weighted by Gasteiger charge is -2.31. The maximum absolute atomic E-state index is 13.7. The SMILES string of the molecule is Cc1cccc(CS(=O)(=O)c2ncc(CN(C[C@H]3CCCO3)C(=S)NC(C)C)n2C2CCCCC2)c1. The van der Waals surface area contributed by atoms with Gasteiger partial charge in [0.25, 0.3) is 0 Å². The van der Waals surface area contributed by atoms with E-state index in [2.05, 4.69) is 29.0 Å². The molecule has 2 heterocycles. The summed E-state index contributed by atoms with van der Waals surface area (Å²) in [6.07, 6.45) is 9.29. The summed E-state index contributed by atoms with van der Waals surface area (Å²) in [5.41, 5.74) is 2.74. The van der Waals surface area contributed by atoms with Crippen LogP contribution in [0.15, 0.2) is 35.6 Å². The summed E-state index contributed by atoms with van der Waals surface area (Å²) in [6, 6.07) is 8.04. The summed E-state index contributed by atoms with van der Waals surface area (Å²) in [5.74, 6) is -0.0508. The minimum absolute atomic E-state index is 0.0508. The van der Waals surface area contributed by atoms with Gasteiger partial charge in [-0.1, -0.05) is 49.1 Å². The first-order valence-corrected chi connectivity index (χ1v) is 15.3. The first kappa shape index (κ1) is 27.1. The highest BCUT2D eigenvalue weighted by atomic mass is 32.2. The molecule has 1 atom stereocenters. The number of benzene rings is 1. The number of thiocarbonyl (C=S) groups is 1. The second-order valence-electron chi connectivity index (χ2n) is 10.6. The van der Waals surface area contributed by atoms with Gasteiger partial charge < -0.3 is 19.5 Å². The van der Waals surface area contributed by atoms with Crippen LogP contribution >= 0.6 is 12.2 Å². The van der Waals surface area contributed by atoms with Crippen molar-refractivity contribution >= 4 is 27.2 Å². The van der Waals surface area contributed by atoms with Crippen molar-refractivity contribution in [3.8, 4) is 0 Å². The van der Waals surface area contributed by atoms with E-state index in [1.54, 1.807) is 6.20 Å². The second kappa shape index (κ2) is 12.0. The molecule has 7 nitrogen and oxygen atoms in total. The van der Waals surface area contributed by atoms with Gasteiger partial charge >= 0.3 is 0 Å². The zero-order chi connectivity index (χ0) is 25.7. The molecule has 2 aromatic rings. The van der Waals surface area contributed by atoms with Crippen LogP contribution in [0.2, 0.25) is 0 Å². The van der Waals surface area contributed by atoms with Crippen molar-refractivity contribution < 1.29 is 13.2 Å². The molecular formula is C27H40N4O3S2. The van der Waals surface area contributed by atoms with Gasteiger partial charge in [-0.2, -0.15) is 0 Å². The van der Waals surface area contributed by atoms with Gasteiger partial charge in [-0.05, 0) is 64.2 Å². The number of aromatic nitrogens is 2. The predicted octanol–water partition coefficient (Wildman–Crippen LogP) is 4.93. The molecule has 4 rings (SSSR count). The Morgan fingerprint density at radius 1 is 1.22 bits per heavy atom. The lowest BCUT2D eigenvalue weighted by atomic mass is 9.95. The maximum Gasteiger partial charge on any atom is 0.228 e. The molecule has 0 spiro atoms. The largest absolute Gasteiger partial charge is 0.376 e. The molecule has 1 saturated carbocycles. The molecule has 2 fully saturated rings. The molecule has 0 unspecified atom stereocenters. The van der Waals surface area contributed by atoms with Crippen LogP contribution in [0.4, 0.5) is 0 Å². The Balaban J connectivity index is 1.66. The maximum atomic E-state index is 13.7. The number of aryl methyl sites for hydroxylation is 1. The molecule has 36 heavy (non-hydrogen) atoms. The van der Waals surface area contributed by atoms with Crippen molar-refractivity contribution in [1.29, 1.82) is 0 Å². The van der Waals surface area contributed by atoms with E-state index in [-0.39, 0.29) is 29.1 Å². The number of sulfone groups is 1.